The Balaban J connectivity index is 3.03. The highest BCUT2D eigenvalue weighted by Crippen LogP contribution is 2.36. The lowest BCUT2D eigenvalue weighted by Crippen LogP contribution is -2.25. The SMILES string of the molecule is COc1cccc(OC(=O)C(C#N)C(C)=O)c1OC. The van der Waals surface area contributed by atoms with Crippen LogP contribution in [0.1, 0.15) is 6.92 Å². The van der Waals surface area contributed by atoms with Gasteiger partial charge in [0.15, 0.2) is 17.3 Å². The van der Waals surface area contributed by atoms with Crippen LogP contribution >= 0.6 is 0 Å². The Morgan fingerprint density at radius 2 is 1.84 bits per heavy atom. The number of ketones is 1. The van der Waals surface area contributed by atoms with Crippen molar-refractivity contribution in [1.82, 2.24) is 0 Å². The van der Waals surface area contributed by atoms with Gasteiger partial charge in [-0.3, -0.25) is 4.79 Å². The van der Waals surface area contributed by atoms with Gasteiger partial charge in [-0.1, -0.05) is 6.07 Å². The van der Waals surface area contributed by atoms with E-state index >= 15 is 0 Å². The maximum atomic E-state index is 11.7. The molecule has 0 spiro atoms. The van der Waals surface area contributed by atoms with Gasteiger partial charge >= 0.3 is 5.97 Å². The van der Waals surface area contributed by atoms with E-state index in [9.17, 15) is 9.59 Å². The van der Waals surface area contributed by atoms with Gasteiger partial charge in [-0.15, -0.1) is 0 Å². The van der Waals surface area contributed by atoms with Gasteiger partial charge in [-0.05, 0) is 19.1 Å². The predicted octanol–water partition coefficient (Wildman–Crippen LogP) is 1.34. The van der Waals surface area contributed by atoms with Crippen LogP contribution in [0.3, 0.4) is 0 Å². The first-order valence-corrected chi connectivity index (χ1v) is 5.37. The van der Waals surface area contributed by atoms with E-state index in [0.29, 0.717) is 5.75 Å². The van der Waals surface area contributed by atoms with Crippen LogP contribution < -0.4 is 14.2 Å². The van der Waals surface area contributed by atoms with Gasteiger partial charge in [0.05, 0.1) is 20.3 Å². The third-order valence-electron chi connectivity index (χ3n) is 2.35. The molecule has 0 amide bonds. The molecule has 0 aromatic heterocycles. The van der Waals surface area contributed by atoms with E-state index in [2.05, 4.69) is 0 Å². The molecule has 0 bridgehead atoms. The summed E-state index contributed by atoms with van der Waals surface area (Å²) >= 11 is 0. The second-order valence-corrected chi connectivity index (χ2v) is 3.59. The molecule has 0 saturated carbocycles. The number of nitriles is 1. The van der Waals surface area contributed by atoms with Gasteiger partial charge in [0.25, 0.3) is 0 Å². The number of carbonyl (C=O) groups is 2. The lowest BCUT2D eigenvalue weighted by Gasteiger charge is -2.13. The first-order chi connectivity index (χ1) is 9.04. The van der Waals surface area contributed by atoms with Crippen molar-refractivity contribution >= 4 is 11.8 Å². The quantitative estimate of drug-likeness (QED) is 0.452. The molecule has 0 radical (unpaired) electrons. The first kappa shape index (κ1) is 14.5. The lowest BCUT2D eigenvalue weighted by atomic mass is 10.1. The maximum Gasteiger partial charge on any atom is 0.336 e. The minimum atomic E-state index is -1.45. The largest absolute Gasteiger partial charge is 0.493 e. The molecule has 0 aliphatic carbocycles. The molecule has 0 aliphatic heterocycles. The molecule has 0 aliphatic rings. The number of carbonyl (C=O) groups excluding carboxylic acids is 2. The third kappa shape index (κ3) is 3.22. The summed E-state index contributed by atoms with van der Waals surface area (Å²) in [4.78, 5) is 22.8. The normalized spacial score (nSPS) is 11.1. The Bertz CT molecular complexity index is 532. The molecule has 0 saturated heterocycles. The molecule has 19 heavy (non-hydrogen) atoms. The van der Waals surface area contributed by atoms with Gasteiger partial charge in [0.2, 0.25) is 11.7 Å². The van der Waals surface area contributed by atoms with Crippen molar-refractivity contribution < 1.29 is 23.8 Å². The highest BCUT2D eigenvalue weighted by molar-refractivity contribution is 6.01. The summed E-state index contributed by atoms with van der Waals surface area (Å²) in [7, 11) is 2.83. The fourth-order valence-electron chi connectivity index (χ4n) is 1.41. The summed E-state index contributed by atoms with van der Waals surface area (Å²) in [5.74, 6) is -2.28. The number of hydrogen-bond acceptors (Lipinski definition) is 6. The van der Waals surface area contributed by atoms with Crippen molar-refractivity contribution in [3.63, 3.8) is 0 Å². The summed E-state index contributed by atoms with van der Waals surface area (Å²) in [6.07, 6.45) is 0. The van der Waals surface area contributed by atoms with Crippen molar-refractivity contribution in [2.75, 3.05) is 14.2 Å². The number of Topliss-reactive ketones (excluding diaryl/α,β-unsaturated/α-hetero) is 1. The van der Waals surface area contributed by atoms with Crippen LogP contribution in [0.2, 0.25) is 0 Å². The van der Waals surface area contributed by atoms with Crippen LogP contribution in [-0.4, -0.2) is 26.0 Å². The minimum Gasteiger partial charge on any atom is -0.493 e. The average molecular weight is 263 g/mol. The van der Waals surface area contributed by atoms with Crippen molar-refractivity contribution in [1.29, 1.82) is 5.26 Å². The molecule has 1 atom stereocenters. The zero-order valence-electron chi connectivity index (χ0n) is 10.8. The lowest BCUT2D eigenvalue weighted by molar-refractivity contribution is -0.141. The second kappa shape index (κ2) is 6.40. The highest BCUT2D eigenvalue weighted by atomic mass is 16.6. The molecule has 1 unspecified atom stereocenters. The molecule has 6 heteroatoms. The molecule has 100 valence electrons. The number of hydrogen-bond donors (Lipinski definition) is 0. The van der Waals surface area contributed by atoms with Crippen LogP contribution in [0.4, 0.5) is 0 Å². The standard InChI is InChI=1S/C13H13NO5/c1-8(15)9(7-14)13(16)19-11-6-4-5-10(17-2)12(11)18-3/h4-6,9H,1-3H3. The Morgan fingerprint density at radius 3 is 2.32 bits per heavy atom. The Hall–Kier alpha value is -2.55. The van der Waals surface area contributed by atoms with Gasteiger partial charge in [0.1, 0.15) is 0 Å². The summed E-state index contributed by atoms with van der Waals surface area (Å²) < 4.78 is 15.1. The summed E-state index contributed by atoms with van der Waals surface area (Å²) in [6, 6.07) is 6.30. The maximum absolute atomic E-state index is 11.7. The number of benzene rings is 1. The molecule has 0 heterocycles. The topological polar surface area (TPSA) is 85.6 Å². The van der Waals surface area contributed by atoms with E-state index in [1.807, 2.05) is 0 Å². The van der Waals surface area contributed by atoms with Crippen molar-refractivity contribution in [3.05, 3.63) is 18.2 Å². The molecule has 6 nitrogen and oxygen atoms in total. The first-order valence-electron chi connectivity index (χ1n) is 5.37. The smallest absolute Gasteiger partial charge is 0.336 e. The van der Waals surface area contributed by atoms with Crippen LogP contribution in [-0.2, 0) is 9.59 Å². The van der Waals surface area contributed by atoms with Gasteiger partial charge in [-0.25, -0.2) is 4.79 Å². The molecule has 1 aromatic carbocycles. The Morgan fingerprint density at radius 1 is 1.21 bits per heavy atom. The molecular formula is C13H13NO5. The molecule has 0 fully saturated rings. The predicted molar refractivity (Wildman–Crippen MR) is 65.0 cm³/mol. The average Bonchev–Trinajstić information content (AvgIpc) is 2.38. The fourth-order valence-corrected chi connectivity index (χ4v) is 1.41. The van der Waals surface area contributed by atoms with Crippen molar-refractivity contribution in [2.45, 2.75) is 6.92 Å². The Labute approximate surface area is 110 Å². The number of esters is 1. The minimum absolute atomic E-state index is 0.0911. The van der Waals surface area contributed by atoms with E-state index in [1.54, 1.807) is 18.2 Å². The van der Waals surface area contributed by atoms with E-state index in [1.165, 1.54) is 20.3 Å². The molecule has 1 rings (SSSR count). The zero-order valence-corrected chi connectivity index (χ0v) is 10.8. The number of ether oxygens (including phenoxy) is 3. The number of rotatable bonds is 5. The fraction of sp³-hybridized carbons (Fsp3) is 0.308. The van der Waals surface area contributed by atoms with E-state index in [0.717, 1.165) is 6.92 Å². The highest BCUT2D eigenvalue weighted by Gasteiger charge is 2.26. The molecule has 1 aromatic rings. The van der Waals surface area contributed by atoms with Gasteiger partial charge in [0, 0.05) is 0 Å². The van der Waals surface area contributed by atoms with E-state index in [-0.39, 0.29) is 11.5 Å². The van der Waals surface area contributed by atoms with Crippen molar-refractivity contribution in [2.24, 2.45) is 5.92 Å². The van der Waals surface area contributed by atoms with E-state index < -0.39 is 17.7 Å². The Kier molecular flexibility index (Phi) is 4.89. The zero-order chi connectivity index (χ0) is 14.4. The summed E-state index contributed by atoms with van der Waals surface area (Å²) in [5.41, 5.74) is 0. The van der Waals surface area contributed by atoms with Crippen LogP contribution in [0.15, 0.2) is 18.2 Å². The number of para-hydroxylation sites is 1. The van der Waals surface area contributed by atoms with Crippen LogP contribution in [0.5, 0.6) is 17.2 Å². The van der Waals surface area contributed by atoms with Crippen LogP contribution in [0.25, 0.3) is 0 Å². The van der Waals surface area contributed by atoms with Gasteiger partial charge in [-0.2, -0.15) is 5.26 Å². The van der Waals surface area contributed by atoms with E-state index in [4.69, 9.17) is 19.5 Å². The number of nitrogens with zero attached hydrogens (tertiary/aromatic N) is 1. The molecular weight excluding hydrogens is 250 g/mol. The monoisotopic (exact) mass is 263 g/mol. The van der Waals surface area contributed by atoms with Gasteiger partial charge < -0.3 is 14.2 Å². The number of methoxy groups -OCH3 is 2. The molecule has 0 N–H and O–H groups in total. The van der Waals surface area contributed by atoms with Crippen molar-refractivity contribution in [3.8, 4) is 23.3 Å². The van der Waals surface area contributed by atoms with Crippen LogP contribution in [0, 0.1) is 17.2 Å². The second-order valence-electron chi connectivity index (χ2n) is 3.59. The third-order valence-corrected chi connectivity index (χ3v) is 2.35. The summed E-state index contributed by atoms with van der Waals surface area (Å²) in [6.45, 7) is 1.15. The summed E-state index contributed by atoms with van der Waals surface area (Å²) in [5, 5.41) is 8.74.